The number of piperazine rings is 1. The van der Waals surface area contributed by atoms with Gasteiger partial charge in [0.2, 0.25) is 0 Å². The van der Waals surface area contributed by atoms with E-state index >= 15 is 4.39 Å². The van der Waals surface area contributed by atoms with E-state index < -0.39 is 5.67 Å². The number of hydrogen-bond donors (Lipinski definition) is 0. The van der Waals surface area contributed by atoms with Crippen molar-refractivity contribution in [1.82, 2.24) is 14.7 Å². The van der Waals surface area contributed by atoms with Crippen LogP contribution in [0.2, 0.25) is 0 Å². The summed E-state index contributed by atoms with van der Waals surface area (Å²) in [5.41, 5.74) is 0.0812. The monoisotopic (exact) mass is 365 g/mol. The van der Waals surface area contributed by atoms with E-state index in [1.807, 2.05) is 0 Å². The minimum absolute atomic E-state index is 0.346. The quantitative estimate of drug-likeness (QED) is 0.711. The van der Waals surface area contributed by atoms with Crippen molar-refractivity contribution >= 4 is 0 Å². The molecular formula is C22H40FN3. The molecule has 4 aliphatic rings. The Hall–Kier alpha value is -0.190. The van der Waals surface area contributed by atoms with Gasteiger partial charge in [0.15, 0.2) is 0 Å². The highest BCUT2D eigenvalue weighted by molar-refractivity contribution is 5.07. The van der Waals surface area contributed by atoms with Crippen LogP contribution in [0.1, 0.15) is 58.8 Å². The Bertz CT molecular complexity index is 478. The highest BCUT2D eigenvalue weighted by atomic mass is 19.1. The first-order chi connectivity index (χ1) is 12.3. The molecule has 0 amide bonds. The maximum absolute atomic E-state index is 15.3. The van der Waals surface area contributed by atoms with Gasteiger partial charge in [0.1, 0.15) is 5.67 Å². The van der Waals surface area contributed by atoms with Crippen molar-refractivity contribution in [2.45, 2.75) is 64.5 Å². The van der Waals surface area contributed by atoms with Crippen molar-refractivity contribution < 1.29 is 4.39 Å². The van der Waals surface area contributed by atoms with E-state index in [2.05, 4.69) is 35.6 Å². The fourth-order valence-corrected chi connectivity index (χ4v) is 6.30. The third-order valence-electron chi connectivity index (χ3n) is 7.76. The summed E-state index contributed by atoms with van der Waals surface area (Å²) in [6, 6.07) is 0. The molecule has 2 saturated carbocycles. The topological polar surface area (TPSA) is 9.72 Å². The number of nitrogens with zero attached hydrogens (tertiary/aromatic N) is 3. The molecule has 2 aliphatic carbocycles. The number of hydrogen-bond acceptors (Lipinski definition) is 3. The SMILES string of the molecule is CC(C)CC1(CN2CCN(CC3(F)CC4(CCN(C)CC4)C3)CC2)CC1. The number of alkyl halides is 1. The van der Waals surface area contributed by atoms with Crippen LogP contribution >= 0.6 is 0 Å². The molecule has 2 heterocycles. The highest BCUT2D eigenvalue weighted by Crippen LogP contribution is 2.57. The van der Waals surface area contributed by atoms with Crippen LogP contribution in [0, 0.1) is 16.7 Å². The lowest BCUT2D eigenvalue weighted by Crippen LogP contribution is -2.60. The zero-order valence-corrected chi connectivity index (χ0v) is 17.4. The van der Waals surface area contributed by atoms with Crippen molar-refractivity contribution in [3.05, 3.63) is 0 Å². The van der Waals surface area contributed by atoms with E-state index in [0.29, 0.717) is 17.4 Å². The molecule has 0 unspecified atom stereocenters. The average molecular weight is 366 g/mol. The summed E-state index contributed by atoms with van der Waals surface area (Å²) in [7, 11) is 2.20. The van der Waals surface area contributed by atoms with Gasteiger partial charge in [0.05, 0.1) is 0 Å². The molecule has 0 bridgehead atoms. The molecule has 0 aromatic rings. The fourth-order valence-electron chi connectivity index (χ4n) is 6.30. The smallest absolute Gasteiger partial charge is 0.124 e. The molecule has 4 rings (SSSR count). The molecular weight excluding hydrogens is 325 g/mol. The van der Waals surface area contributed by atoms with Crippen LogP contribution in [0.4, 0.5) is 4.39 Å². The summed E-state index contributed by atoms with van der Waals surface area (Å²) in [6.07, 6.45) is 8.31. The lowest BCUT2D eigenvalue weighted by Gasteiger charge is -2.56. The Morgan fingerprint density at radius 1 is 0.808 bits per heavy atom. The molecule has 3 nitrogen and oxygen atoms in total. The molecule has 2 aliphatic heterocycles. The zero-order chi connectivity index (χ0) is 18.4. The van der Waals surface area contributed by atoms with E-state index in [4.69, 9.17) is 0 Å². The Morgan fingerprint density at radius 3 is 1.85 bits per heavy atom. The summed E-state index contributed by atoms with van der Waals surface area (Å²) in [6.45, 7) is 13.4. The summed E-state index contributed by atoms with van der Waals surface area (Å²) >= 11 is 0. The van der Waals surface area contributed by atoms with Crippen LogP contribution in [0.15, 0.2) is 0 Å². The van der Waals surface area contributed by atoms with Gasteiger partial charge in [-0.2, -0.15) is 0 Å². The molecule has 1 spiro atoms. The second kappa shape index (κ2) is 7.00. The van der Waals surface area contributed by atoms with Gasteiger partial charge in [-0.05, 0) is 81.8 Å². The first kappa shape index (κ1) is 19.1. The average Bonchev–Trinajstić information content (AvgIpc) is 3.29. The zero-order valence-electron chi connectivity index (χ0n) is 17.4. The molecule has 4 heteroatoms. The summed E-state index contributed by atoms with van der Waals surface area (Å²) in [4.78, 5) is 7.48. The van der Waals surface area contributed by atoms with Gasteiger partial charge in [-0.3, -0.25) is 4.90 Å². The Morgan fingerprint density at radius 2 is 1.35 bits per heavy atom. The highest BCUT2D eigenvalue weighted by Gasteiger charge is 2.56. The molecule has 26 heavy (non-hydrogen) atoms. The third-order valence-corrected chi connectivity index (χ3v) is 7.76. The van der Waals surface area contributed by atoms with Crippen LogP contribution in [0.25, 0.3) is 0 Å². The van der Waals surface area contributed by atoms with Gasteiger partial charge < -0.3 is 9.80 Å². The number of piperidine rings is 1. The molecule has 0 atom stereocenters. The lowest BCUT2D eigenvalue weighted by molar-refractivity contribution is -0.113. The molecule has 0 radical (unpaired) electrons. The van der Waals surface area contributed by atoms with Crippen LogP contribution in [0.5, 0.6) is 0 Å². The van der Waals surface area contributed by atoms with Crippen LogP contribution < -0.4 is 0 Å². The van der Waals surface area contributed by atoms with Gasteiger partial charge in [0, 0.05) is 39.3 Å². The standard InChI is InChI=1S/C22H40FN3/c1-19(2)14-20(4-5-20)17-25-10-12-26(13-11-25)18-22(23)15-21(16-22)6-8-24(3)9-7-21/h19H,4-18H2,1-3H3. The van der Waals surface area contributed by atoms with Crippen LogP contribution in [-0.4, -0.2) is 79.8 Å². The van der Waals surface area contributed by atoms with E-state index in [9.17, 15) is 0 Å². The molecule has 0 aromatic heterocycles. The first-order valence-electron chi connectivity index (χ1n) is 11.1. The molecule has 150 valence electrons. The van der Waals surface area contributed by atoms with E-state index in [1.54, 1.807) is 0 Å². The number of rotatable bonds is 6. The van der Waals surface area contributed by atoms with Gasteiger partial charge in [-0.15, -0.1) is 0 Å². The summed E-state index contributed by atoms with van der Waals surface area (Å²) in [5, 5.41) is 0. The molecule has 0 aromatic carbocycles. The minimum Gasteiger partial charge on any atom is -0.306 e. The maximum Gasteiger partial charge on any atom is 0.124 e. The second-order valence-corrected chi connectivity index (χ2v) is 11.0. The van der Waals surface area contributed by atoms with Crippen LogP contribution in [-0.2, 0) is 0 Å². The molecule has 2 saturated heterocycles. The van der Waals surface area contributed by atoms with E-state index in [0.717, 1.165) is 58.0 Å². The Labute approximate surface area is 160 Å². The number of halogens is 1. The third kappa shape index (κ3) is 4.28. The fraction of sp³-hybridized carbons (Fsp3) is 1.00. The van der Waals surface area contributed by atoms with E-state index in [-0.39, 0.29) is 0 Å². The maximum atomic E-state index is 15.3. The Balaban J connectivity index is 1.19. The summed E-state index contributed by atoms with van der Waals surface area (Å²) < 4.78 is 15.3. The first-order valence-corrected chi connectivity index (χ1v) is 11.1. The normalized spacial score (nSPS) is 31.3. The molecule has 4 fully saturated rings. The molecule has 0 N–H and O–H groups in total. The summed E-state index contributed by atoms with van der Waals surface area (Å²) in [5.74, 6) is 0.815. The predicted molar refractivity (Wildman–Crippen MR) is 106 cm³/mol. The Kier molecular flexibility index (Phi) is 5.16. The second-order valence-electron chi connectivity index (χ2n) is 11.0. The van der Waals surface area contributed by atoms with Gasteiger partial charge in [-0.25, -0.2) is 4.39 Å². The predicted octanol–water partition coefficient (Wildman–Crippen LogP) is 3.64. The lowest BCUT2D eigenvalue weighted by atomic mass is 9.56. The largest absolute Gasteiger partial charge is 0.306 e. The van der Waals surface area contributed by atoms with Crippen molar-refractivity contribution in [3.8, 4) is 0 Å². The van der Waals surface area contributed by atoms with Crippen molar-refractivity contribution in [2.24, 2.45) is 16.7 Å². The number of likely N-dealkylation sites (tertiary alicyclic amines) is 1. The van der Waals surface area contributed by atoms with Crippen molar-refractivity contribution in [3.63, 3.8) is 0 Å². The van der Waals surface area contributed by atoms with E-state index in [1.165, 1.54) is 38.6 Å². The minimum atomic E-state index is -0.895. The van der Waals surface area contributed by atoms with Gasteiger partial charge >= 0.3 is 0 Å². The van der Waals surface area contributed by atoms with Gasteiger partial charge in [-0.1, -0.05) is 13.8 Å². The van der Waals surface area contributed by atoms with Gasteiger partial charge in [0.25, 0.3) is 0 Å². The van der Waals surface area contributed by atoms with Crippen LogP contribution in [0.3, 0.4) is 0 Å². The van der Waals surface area contributed by atoms with Crippen molar-refractivity contribution in [1.29, 1.82) is 0 Å². The van der Waals surface area contributed by atoms with Crippen molar-refractivity contribution in [2.75, 3.05) is 59.4 Å².